The van der Waals surface area contributed by atoms with E-state index >= 15 is 0 Å². The number of allylic oxidation sites excluding steroid dienone is 1. The predicted octanol–water partition coefficient (Wildman–Crippen LogP) is 8.49. The number of aliphatic hydroxyl groups is 1. The number of nitrogens with zero attached hydrogens (tertiary/aromatic N) is 1. The number of aromatic nitrogens is 1. The second-order valence-electron chi connectivity index (χ2n) is 20.0. The van der Waals surface area contributed by atoms with Crippen molar-refractivity contribution in [2.45, 2.75) is 152 Å². The molecule has 1 aromatic rings. The van der Waals surface area contributed by atoms with E-state index in [9.17, 15) is 24.6 Å². The van der Waals surface area contributed by atoms with E-state index in [2.05, 4.69) is 65.7 Å². The van der Waals surface area contributed by atoms with Gasteiger partial charge in [0.05, 0.1) is 23.6 Å². The van der Waals surface area contributed by atoms with Crippen LogP contribution in [0.3, 0.4) is 0 Å². The maximum atomic E-state index is 14.1. The number of carbonyl (C=O) groups excluding carboxylic acids is 2. The number of pyridine rings is 1. The van der Waals surface area contributed by atoms with Crippen LogP contribution in [0.15, 0.2) is 35.5 Å². The zero-order valence-corrected chi connectivity index (χ0v) is 33.6. The Bertz CT molecular complexity index is 1600. The zero-order chi connectivity index (χ0) is 38.2. The predicted molar refractivity (Wildman–Crippen MR) is 202 cm³/mol. The van der Waals surface area contributed by atoms with Gasteiger partial charge in [0.1, 0.15) is 6.10 Å². The number of aliphatic hydroxyl groups excluding tert-OH is 1. The van der Waals surface area contributed by atoms with E-state index in [1.807, 2.05) is 18.2 Å². The molecule has 3 N–H and O–H groups in total. The Morgan fingerprint density at radius 3 is 2.31 bits per heavy atom. The molecule has 0 aromatic carbocycles. The summed E-state index contributed by atoms with van der Waals surface area (Å²) in [6, 6.07) is 5.89. The van der Waals surface area contributed by atoms with Crippen LogP contribution in [0.1, 0.15) is 145 Å². The van der Waals surface area contributed by atoms with Crippen molar-refractivity contribution in [1.82, 2.24) is 10.3 Å². The maximum absolute atomic E-state index is 14.1. The molecule has 4 fully saturated rings. The summed E-state index contributed by atoms with van der Waals surface area (Å²) in [6.07, 6.45) is 8.95. The Morgan fingerprint density at radius 2 is 1.67 bits per heavy atom. The van der Waals surface area contributed by atoms with Crippen LogP contribution in [0.25, 0.3) is 0 Å². The van der Waals surface area contributed by atoms with Crippen LogP contribution in [-0.2, 0) is 19.1 Å². The van der Waals surface area contributed by atoms with Gasteiger partial charge in [-0.2, -0.15) is 0 Å². The summed E-state index contributed by atoms with van der Waals surface area (Å²) in [7, 11) is 0. The van der Waals surface area contributed by atoms with Gasteiger partial charge in [-0.15, -0.1) is 0 Å². The minimum atomic E-state index is -1.16. The van der Waals surface area contributed by atoms with Gasteiger partial charge < -0.3 is 20.3 Å². The Kier molecular flexibility index (Phi) is 10.0. The van der Waals surface area contributed by atoms with E-state index in [4.69, 9.17) is 4.74 Å². The second kappa shape index (κ2) is 13.3. The van der Waals surface area contributed by atoms with Crippen LogP contribution in [0.4, 0.5) is 0 Å². The van der Waals surface area contributed by atoms with Crippen molar-refractivity contribution >= 4 is 17.7 Å². The van der Waals surface area contributed by atoms with Crippen molar-refractivity contribution in [1.29, 1.82) is 0 Å². The van der Waals surface area contributed by atoms with Gasteiger partial charge in [-0.1, -0.05) is 60.1 Å². The molecular formula is C44H66N2O6. The molecule has 8 heteroatoms. The highest BCUT2D eigenvalue weighted by molar-refractivity contribution is 6.00. The highest BCUT2D eigenvalue weighted by atomic mass is 16.5. The summed E-state index contributed by atoms with van der Waals surface area (Å²) in [6.45, 7) is 22.1. The first kappa shape index (κ1) is 39.1. The van der Waals surface area contributed by atoms with Gasteiger partial charge in [-0.3, -0.25) is 19.4 Å². The van der Waals surface area contributed by atoms with Crippen LogP contribution in [-0.4, -0.2) is 51.7 Å². The lowest BCUT2D eigenvalue weighted by Gasteiger charge is -2.72. The first-order valence-corrected chi connectivity index (χ1v) is 20.2. The van der Waals surface area contributed by atoms with Gasteiger partial charge in [-0.25, -0.2) is 0 Å². The van der Waals surface area contributed by atoms with Crippen LogP contribution in [0.5, 0.6) is 0 Å². The quantitative estimate of drug-likeness (QED) is 0.206. The second-order valence-corrected chi connectivity index (χ2v) is 20.0. The molecule has 6 rings (SSSR count). The number of Topliss-reactive ketones (excluding diaryl/α,β-unsaturated/α-hetero) is 1. The molecule has 288 valence electrons. The van der Waals surface area contributed by atoms with Crippen molar-refractivity contribution in [3.63, 3.8) is 0 Å². The minimum Gasteiger partial charge on any atom is -0.481 e. The van der Waals surface area contributed by atoms with Crippen molar-refractivity contribution in [3.8, 4) is 0 Å². The molecule has 0 saturated heterocycles. The van der Waals surface area contributed by atoms with E-state index in [1.54, 1.807) is 20.0 Å². The van der Waals surface area contributed by atoms with Crippen LogP contribution in [0.2, 0.25) is 0 Å². The zero-order valence-electron chi connectivity index (χ0n) is 33.6. The number of carbonyl (C=O) groups is 3. The number of hydrogen-bond donors (Lipinski definition) is 3. The molecule has 0 spiro atoms. The van der Waals surface area contributed by atoms with Gasteiger partial charge in [0.2, 0.25) is 0 Å². The van der Waals surface area contributed by atoms with E-state index in [0.717, 1.165) is 62.6 Å². The number of aliphatic carboxylic acids is 1. The fourth-order valence-corrected chi connectivity index (χ4v) is 13.1. The van der Waals surface area contributed by atoms with E-state index in [-0.39, 0.29) is 57.8 Å². The van der Waals surface area contributed by atoms with Gasteiger partial charge in [-0.05, 0) is 130 Å². The largest absolute Gasteiger partial charge is 0.481 e. The number of ketones is 1. The number of rotatable bonds is 10. The highest BCUT2D eigenvalue weighted by Gasteiger charge is 2.70. The van der Waals surface area contributed by atoms with Gasteiger partial charge >= 0.3 is 11.9 Å². The van der Waals surface area contributed by atoms with Crippen molar-refractivity contribution < 1.29 is 29.3 Å². The molecule has 0 bridgehead atoms. The van der Waals surface area contributed by atoms with E-state index in [1.165, 1.54) is 5.57 Å². The maximum Gasteiger partial charge on any atom is 0.309 e. The third-order valence-corrected chi connectivity index (χ3v) is 16.2. The van der Waals surface area contributed by atoms with E-state index in [0.29, 0.717) is 24.8 Å². The topological polar surface area (TPSA) is 126 Å². The summed E-state index contributed by atoms with van der Waals surface area (Å²) in [5.41, 5.74) is 1.37. The number of carboxylic acid groups (broad SMARTS) is 1. The van der Waals surface area contributed by atoms with Crippen LogP contribution < -0.4 is 5.32 Å². The Hall–Kier alpha value is -2.58. The third-order valence-electron chi connectivity index (χ3n) is 16.2. The molecule has 5 aliphatic rings. The smallest absolute Gasteiger partial charge is 0.309 e. The Morgan fingerprint density at radius 1 is 0.962 bits per heavy atom. The summed E-state index contributed by atoms with van der Waals surface area (Å²) in [4.78, 5) is 43.4. The number of hydrogen-bond acceptors (Lipinski definition) is 7. The van der Waals surface area contributed by atoms with Crippen LogP contribution >= 0.6 is 0 Å². The molecule has 8 nitrogen and oxygen atoms in total. The number of carboxylic acids is 1. The summed E-state index contributed by atoms with van der Waals surface area (Å²) in [5, 5.41) is 25.4. The lowest BCUT2D eigenvalue weighted by Crippen LogP contribution is -2.66. The van der Waals surface area contributed by atoms with E-state index < -0.39 is 28.9 Å². The number of fused-ring (bicyclic) bond motifs is 7. The molecule has 5 aliphatic carbocycles. The van der Waals surface area contributed by atoms with Crippen molar-refractivity contribution in [2.75, 3.05) is 6.54 Å². The molecule has 0 radical (unpaired) electrons. The lowest BCUT2D eigenvalue weighted by atomic mass is 9.33. The van der Waals surface area contributed by atoms with Gasteiger partial charge in [0, 0.05) is 36.0 Å². The fourth-order valence-electron chi connectivity index (χ4n) is 13.1. The van der Waals surface area contributed by atoms with Gasteiger partial charge in [0.25, 0.3) is 0 Å². The SMILES string of the molecule is CC(C)C1=C2[C@H]3CC[C@@H]4[C@@]5(C)CC[C@H](OC(=O)CC(C)(C)C(=O)O)C(C)(C)[C@@H]5CC[C@@]4(C)[C@]3(C)CCC2(C(O)CN[C@@H](C)c2ccccn2)CC1=O. The average Bonchev–Trinajstić information content (AvgIpc) is 3.38. The molecule has 0 aliphatic heterocycles. The van der Waals surface area contributed by atoms with Gasteiger partial charge in [0.15, 0.2) is 5.78 Å². The number of nitrogens with one attached hydrogen (secondary N) is 1. The molecule has 52 heavy (non-hydrogen) atoms. The monoisotopic (exact) mass is 718 g/mol. The first-order valence-electron chi connectivity index (χ1n) is 20.2. The first-order chi connectivity index (χ1) is 24.2. The molecule has 4 saturated carbocycles. The number of esters is 1. The highest BCUT2D eigenvalue weighted by Crippen LogP contribution is 2.77. The molecular weight excluding hydrogens is 652 g/mol. The van der Waals surface area contributed by atoms with Crippen molar-refractivity contribution in [3.05, 3.63) is 41.2 Å². The third kappa shape index (κ3) is 5.92. The Labute approximate surface area is 312 Å². The fraction of sp³-hybridized carbons (Fsp3) is 0.773. The summed E-state index contributed by atoms with van der Waals surface area (Å²) < 4.78 is 6.17. The summed E-state index contributed by atoms with van der Waals surface area (Å²) in [5.74, 6) is 0.0333. The van der Waals surface area contributed by atoms with Crippen LogP contribution in [0, 0.1) is 56.2 Å². The molecule has 2 unspecified atom stereocenters. The number of ether oxygens (including phenoxy) is 1. The Balaban J connectivity index is 1.27. The molecule has 0 amide bonds. The molecule has 10 atom stereocenters. The standard InChI is InChI=1S/C44H66N2O6/c1-26(2)36-30(47)23-44(33(48)25-46-27(3)29-13-11-12-22-45-29)21-20-42(9)28(37(36)44)14-15-32-41(8)18-17-34(52-35(49)24-39(4,5)38(50)51)40(6,7)31(41)16-19-43(32,42)10/h11-13,22,26-28,31-34,46,48H,14-21,23-25H2,1-10H3,(H,50,51)/t27-,28+,31-,32+,33?,34-,41-,42+,43+,44?/m0/s1. The van der Waals surface area contributed by atoms with Crippen molar-refractivity contribution in [2.24, 2.45) is 56.2 Å². The minimum absolute atomic E-state index is 0.0139. The molecule has 1 aromatic heterocycles. The normalized spacial score (nSPS) is 38.1. The average molecular weight is 719 g/mol. The lowest BCUT2D eigenvalue weighted by molar-refractivity contribution is -0.235. The summed E-state index contributed by atoms with van der Waals surface area (Å²) >= 11 is 0. The molecule has 1 heterocycles.